The summed E-state index contributed by atoms with van der Waals surface area (Å²) >= 11 is 1.10. The van der Waals surface area contributed by atoms with Crippen LogP contribution in [-0.2, 0) is 19.3 Å². The van der Waals surface area contributed by atoms with E-state index in [1.54, 1.807) is 30.3 Å². The van der Waals surface area contributed by atoms with Gasteiger partial charge in [0.25, 0.3) is 5.91 Å². The third-order valence-corrected chi connectivity index (χ3v) is 7.21. The Morgan fingerprint density at radius 1 is 1.03 bits per heavy atom. The predicted molar refractivity (Wildman–Crippen MR) is 127 cm³/mol. The van der Waals surface area contributed by atoms with Crippen LogP contribution < -0.4 is 15.1 Å². The monoisotopic (exact) mass is 479 g/mol. The Labute approximate surface area is 198 Å². The molecule has 0 radical (unpaired) electrons. The first-order valence-corrected chi connectivity index (χ1v) is 11.5. The van der Waals surface area contributed by atoms with E-state index in [9.17, 15) is 23.2 Å². The molecule has 34 heavy (non-hydrogen) atoms. The van der Waals surface area contributed by atoms with Gasteiger partial charge in [-0.25, -0.2) is 8.78 Å². The molecule has 0 aromatic heterocycles. The summed E-state index contributed by atoms with van der Waals surface area (Å²) in [6.07, 6.45) is 0. The highest BCUT2D eigenvalue weighted by Crippen LogP contribution is 2.55. The second-order valence-electron chi connectivity index (χ2n) is 8.09. The number of carbonyl (C=O) groups is 3. The zero-order valence-corrected chi connectivity index (χ0v) is 18.9. The highest BCUT2D eigenvalue weighted by molar-refractivity contribution is 8.02. The number of nitrogens with zero attached hydrogens (tertiary/aromatic N) is 2. The number of carbonyl (C=O) groups excluding carboxylic acids is 3. The lowest BCUT2D eigenvalue weighted by Crippen LogP contribution is -2.51. The molecular formula is C25H19F2N3O3S. The van der Waals surface area contributed by atoms with E-state index >= 15 is 0 Å². The van der Waals surface area contributed by atoms with Crippen molar-refractivity contribution in [1.82, 2.24) is 0 Å². The molecule has 1 saturated heterocycles. The van der Waals surface area contributed by atoms with Gasteiger partial charge >= 0.3 is 0 Å². The number of nitrogens with one attached hydrogen (secondary N) is 1. The second-order valence-corrected chi connectivity index (χ2v) is 9.25. The van der Waals surface area contributed by atoms with E-state index in [2.05, 4.69) is 5.32 Å². The van der Waals surface area contributed by atoms with Crippen LogP contribution in [0.5, 0.6) is 0 Å². The zero-order chi connectivity index (χ0) is 24.0. The Balaban J connectivity index is 1.53. The van der Waals surface area contributed by atoms with Gasteiger partial charge in [0.05, 0.1) is 11.4 Å². The summed E-state index contributed by atoms with van der Waals surface area (Å²) in [5.41, 5.74) is 2.66. The number of thioether (sulfide) groups is 1. The summed E-state index contributed by atoms with van der Waals surface area (Å²) in [6.45, 7) is 1.63. The number of fused-ring (bicyclic) bond motifs is 2. The first-order valence-electron chi connectivity index (χ1n) is 10.5. The number of para-hydroxylation sites is 1. The molecule has 1 spiro atoms. The molecule has 2 aliphatic rings. The molecule has 3 aromatic carbocycles. The van der Waals surface area contributed by atoms with E-state index in [-0.39, 0.29) is 18.0 Å². The Bertz CT molecular complexity index is 1350. The number of halogens is 2. The summed E-state index contributed by atoms with van der Waals surface area (Å²) in [6, 6.07) is 17.3. The van der Waals surface area contributed by atoms with E-state index in [0.717, 1.165) is 29.5 Å². The van der Waals surface area contributed by atoms with Crippen LogP contribution in [-0.4, -0.2) is 30.0 Å². The molecule has 2 heterocycles. The fraction of sp³-hybridized carbons (Fsp3) is 0.160. The van der Waals surface area contributed by atoms with E-state index in [1.807, 2.05) is 25.1 Å². The Kier molecular flexibility index (Phi) is 5.36. The van der Waals surface area contributed by atoms with E-state index in [1.165, 1.54) is 15.9 Å². The largest absolute Gasteiger partial charge is 0.325 e. The minimum atomic E-state index is -1.51. The standard InChI is InChI=1S/C25H19F2N3O3S/c1-15-5-4-6-16(11-15)28-22(31)13-29-21-8-3-2-7-18(21)25(24(29)33)30(23(32)14-34-25)17-9-10-19(26)20(27)12-17/h2-12H,13-14H2,1H3,(H,28,31)/t25-/m0/s1. The van der Waals surface area contributed by atoms with Crippen LogP contribution in [0.15, 0.2) is 66.7 Å². The van der Waals surface area contributed by atoms with E-state index in [4.69, 9.17) is 0 Å². The SMILES string of the molecule is Cc1cccc(NC(=O)CN2C(=O)[C@@]3(SCC(=O)N3c3ccc(F)c(F)c3)c3ccccc32)c1. The van der Waals surface area contributed by atoms with Gasteiger partial charge < -0.3 is 5.32 Å². The van der Waals surface area contributed by atoms with Gasteiger partial charge in [-0.2, -0.15) is 0 Å². The number of amides is 3. The second kappa shape index (κ2) is 8.25. The molecule has 0 aliphatic carbocycles. The van der Waals surface area contributed by atoms with Crippen LogP contribution in [0.25, 0.3) is 0 Å². The molecule has 172 valence electrons. The van der Waals surface area contributed by atoms with Crippen molar-refractivity contribution in [3.8, 4) is 0 Å². The van der Waals surface area contributed by atoms with Crippen molar-refractivity contribution < 1.29 is 23.2 Å². The molecular weight excluding hydrogens is 460 g/mol. The maximum Gasteiger partial charge on any atom is 0.269 e. The van der Waals surface area contributed by atoms with Gasteiger partial charge in [-0.15, -0.1) is 11.8 Å². The van der Waals surface area contributed by atoms with Crippen LogP contribution in [0.3, 0.4) is 0 Å². The van der Waals surface area contributed by atoms with E-state index in [0.29, 0.717) is 16.9 Å². The normalized spacial score (nSPS) is 19.1. The van der Waals surface area contributed by atoms with Crippen LogP contribution in [0, 0.1) is 18.6 Å². The number of hydrogen-bond acceptors (Lipinski definition) is 4. The van der Waals surface area contributed by atoms with Gasteiger partial charge in [0.15, 0.2) is 11.6 Å². The van der Waals surface area contributed by atoms with Gasteiger partial charge in [-0.3, -0.25) is 24.2 Å². The summed E-state index contributed by atoms with van der Waals surface area (Å²) in [5, 5.41) is 2.79. The van der Waals surface area contributed by atoms with Crippen LogP contribution in [0.2, 0.25) is 0 Å². The Hall–Kier alpha value is -3.72. The molecule has 1 fully saturated rings. The van der Waals surface area contributed by atoms with Crippen molar-refractivity contribution in [3.63, 3.8) is 0 Å². The van der Waals surface area contributed by atoms with Crippen LogP contribution >= 0.6 is 11.8 Å². The molecule has 3 aromatic rings. The molecule has 1 atom stereocenters. The predicted octanol–water partition coefficient (Wildman–Crippen LogP) is 4.19. The maximum atomic E-state index is 14.0. The lowest BCUT2D eigenvalue weighted by molar-refractivity contribution is -0.124. The van der Waals surface area contributed by atoms with Crippen molar-refractivity contribution >= 4 is 46.5 Å². The van der Waals surface area contributed by atoms with Crippen molar-refractivity contribution in [3.05, 3.63) is 89.5 Å². The Morgan fingerprint density at radius 3 is 2.59 bits per heavy atom. The van der Waals surface area contributed by atoms with Gasteiger partial charge in [0, 0.05) is 23.0 Å². The smallest absolute Gasteiger partial charge is 0.269 e. The summed E-state index contributed by atoms with van der Waals surface area (Å²) in [7, 11) is 0. The lowest BCUT2D eigenvalue weighted by Gasteiger charge is -2.33. The number of anilines is 3. The molecule has 6 nitrogen and oxygen atoms in total. The minimum Gasteiger partial charge on any atom is -0.325 e. The van der Waals surface area contributed by atoms with Crippen molar-refractivity contribution in [2.45, 2.75) is 11.8 Å². The third-order valence-electron chi connectivity index (χ3n) is 5.83. The van der Waals surface area contributed by atoms with Gasteiger partial charge in [-0.05, 0) is 42.8 Å². The molecule has 5 rings (SSSR count). The average molecular weight is 480 g/mol. The van der Waals surface area contributed by atoms with Crippen LogP contribution in [0.1, 0.15) is 11.1 Å². The summed E-state index contributed by atoms with van der Waals surface area (Å²) in [4.78, 5) is 40.7. The molecule has 3 amide bonds. The topological polar surface area (TPSA) is 69.7 Å². The minimum absolute atomic E-state index is 0.0254. The molecule has 0 bridgehead atoms. The first kappa shape index (κ1) is 22.1. The number of benzene rings is 3. The van der Waals surface area contributed by atoms with Gasteiger partial charge in [0.1, 0.15) is 6.54 Å². The molecule has 9 heteroatoms. The Morgan fingerprint density at radius 2 is 1.82 bits per heavy atom. The first-order chi connectivity index (χ1) is 16.3. The quantitative estimate of drug-likeness (QED) is 0.609. The van der Waals surface area contributed by atoms with Crippen LogP contribution in [0.4, 0.5) is 25.8 Å². The number of hydrogen-bond donors (Lipinski definition) is 1. The third kappa shape index (κ3) is 3.43. The van der Waals surface area contributed by atoms with Gasteiger partial charge in [0.2, 0.25) is 16.7 Å². The maximum absolute atomic E-state index is 14.0. The van der Waals surface area contributed by atoms with E-state index < -0.39 is 34.2 Å². The summed E-state index contributed by atoms with van der Waals surface area (Å²) in [5.74, 6) is -3.50. The highest BCUT2D eigenvalue weighted by Gasteiger charge is 2.61. The van der Waals surface area contributed by atoms with Gasteiger partial charge in [-0.1, -0.05) is 30.3 Å². The molecule has 0 saturated carbocycles. The summed E-state index contributed by atoms with van der Waals surface area (Å²) < 4.78 is 27.6. The lowest BCUT2D eigenvalue weighted by atomic mass is 10.0. The molecule has 2 aliphatic heterocycles. The molecule has 0 unspecified atom stereocenters. The van der Waals surface area contributed by atoms with Crippen molar-refractivity contribution in [1.29, 1.82) is 0 Å². The van der Waals surface area contributed by atoms with Crippen molar-refractivity contribution in [2.75, 3.05) is 27.4 Å². The molecule has 1 N–H and O–H groups in total. The number of rotatable bonds is 4. The number of aryl methyl sites for hydroxylation is 1. The zero-order valence-electron chi connectivity index (χ0n) is 18.0. The fourth-order valence-corrected chi connectivity index (χ4v) is 5.76. The average Bonchev–Trinajstić information content (AvgIpc) is 3.27. The highest BCUT2D eigenvalue weighted by atomic mass is 32.2. The fourth-order valence-electron chi connectivity index (χ4n) is 4.40. The van der Waals surface area contributed by atoms with Crippen molar-refractivity contribution in [2.24, 2.45) is 0 Å².